The van der Waals surface area contributed by atoms with Gasteiger partial charge in [-0.05, 0) is 39.5 Å². The molecule has 0 amide bonds. The van der Waals surface area contributed by atoms with Crippen LogP contribution in [0.15, 0.2) is 11.1 Å². The van der Waals surface area contributed by atoms with Gasteiger partial charge in [0.25, 0.3) is 0 Å². The number of carbonyl (C=O) groups is 1. The quantitative estimate of drug-likeness (QED) is 0.760. The van der Waals surface area contributed by atoms with Crippen molar-refractivity contribution in [2.24, 2.45) is 0 Å². The highest BCUT2D eigenvalue weighted by Gasteiger charge is 2.29. The smallest absolute Gasteiger partial charge is 0.304 e. The number of hydrogen-bond acceptors (Lipinski definition) is 2. The standard InChI is InChI=1S/C13H22O2S/c1-10(2)11-4-7-13(3,8-5-11)16-9-6-12(14)15/h4-9H2,1-3H3,(H,14,15). The SMILES string of the molecule is CC(C)=C1CCC(C)(SCCC(=O)O)CC1. The van der Waals surface area contributed by atoms with Crippen LogP contribution in [0.1, 0.15) is 52.9 Å². The molecule has 0 aromatic carbocycles. The van der Waals surface area contributed by atoms with Crippen molar-refractivity contribution in [3.05, 3.63) is 11.1 Å². The molecule has 3 heteroatoms. The van der Waals surface area contributed by atoms with Gasteiger partial charge in [-0.3, -0.25) is 4.79 Å². The second-order valence-corrected chi connectivity index (χ2v) is 6.73. The molecule has 0 aromatic rings. The van der Waals surface area contributed by atoms with E-state index in [-0.39, 0.29) is 6.42 Å². The number of carboxylic acids is 1. The van der Waals surface area contributed by atoms with Gasteiger partial charge >= 0.3 is 5.97 Å². The molecule has 0 atom stereocenters. The maximum absolute atomic E-state index is 10.5. The normalized spacial score (nSPS) is 25.6. The highest BCUT2D eigenvalue weighted by Crippen LogP contribution is 2.42. The number of thioether (sulfide) groups is 1. The summed E-state index contributed by atoms with van der Waals surface area (Å²) >= 11 is 1.84. The monoisotopic (exact) mass is 242 g/mol. The molecule has 1 aliphatic carbocycles. The lowest BCUT2D eigenvalue weighted by Crippen LogP contribution is -2.25. The van der Waals surface area contributed by atoms with Crippen molar-refractivity contribution < 1.29 is 9.90 Å². The summed E-state index contributed by atoms with van der Waals surface area (Å²) in [6.07, 6.45) is 5.06. The molecule has 16 heavy (non-hydrogen) atoms. The number of allylic oxidation sites excluding steroid dienone is 2. The zero-order chi connectivity index (χ0) is 12.2. The summed E-state index contributed by atoms with van der Waals surface area (Å²) < 4.78 is 0.300. The second-order valence-electron chi connectivity index (χ2n) is 5.05. The number of rotatable bonds is 4. The van der Waals surface area contributed by atoms with Crippen LogP contribution in [0, 0.1) is 0 Å². The van der Waals surface area contributed by atoms with Gasteiger partial charge in [-0.1, -0.05) is 18.1 Å². The summed E-state index contributed by atoms with van der Waals surface area (Å²) in [4.78, 5) is 10.5. The first-order chi connectivity index (χ1) is 7.43. The van der Waals surface area contributed by atoms with Gasteiger partial charge in [0.15, 0.2) is 0 Å². The molecule has 0 heterocycles. The van der Waals surface area contributed by atoms with Crippen molar-refractivity contribution in [2.75, 3.05) is 5.75 Å². The van der Waals surface area contributed by atoms with Crippen LogP contribution in [0.25, 0.3) is 0 Å². The Kier molecular flexibility index (Phi) is 4.90. The molecule has 0 aliphatic heterocycles. The van der Waals surface area contributed by atoms with E-state index in [1.54, 1.807) is 5.57 Å². The van der Waals surface area contributed by atoms with E-state index in [0.717, 1.165) is 5.75 Å². The molecule has 1 saturated carbocycles. The fourth-order valence-corrected chi connectivity index (χ4v) is 3.37. The van der Waals surface area contributed by atoms with Crippen LogP contribution in [0.4, 0.5) is 0 Å². The molecule has 1 N–H and O–H groups in total. The van der Waals surface area contributed by atoms with Crippen LogP contribution < -0.4 is 0 Å². The van der Waals surface area contributed by atoms with Gasteiger partial charge in [-0.2, -0.15) is 11.8 Å². The van der Waals surface area contributed by atoms with Gasteiger partial charge in [0, 0.05) is 10.5 Å². The molecule has 2 nitrogen and oxygen atoms in total. The molecule has 1 rings (SSSR count). The summed E-state index contributed by atoms with van der Waals surface area (Å²) in [6, 6.07) is 0. The molecule has 0 bridgehead atoms. The van der Waals surface area contributed by atoms with Gasteiger partial charge in [0.05, 0.1) is 6.42 Å². The molecular weight excluding hydrogens is 220 g/mol. The Hall–Kier alpha value is -0.440. The summed E-state index contributed by atoms with van der Waals surface area (Å²) in [5.41, 5.74) is 3.08. The Morgan fingerprint density at radius 3 is 2.38 bits per heavy atom. The number of carboxylic acid groups (broad SMARTS) is 1. The minimum atomic E-state index is -0.683. The maximum Gasteiger partial charge on any atom is 0.304 e. The van der Waals surface area contributed by atoms with Crippen molar-refractivity contribution in [3.8, 4) is 0 Å². The van der Waals surface area contributed by atoms with Crippen LogP contribution in [0.5, 0.6) is 0 Å². The predicted octanol–water partition coefficient (Wildman–Crippen LogP) is 3.86. The molecule has 0 spiro atoms. The van der Waals surface area contributed by atoms with E-state index in [2.05, 4.69) is 20.8 Å². The minimum Gasteiger partial charge on any atom is -0.481 e. The second kappa shape index (κ2) is 5.76. The van der Waals surface area contributed by atoms with Crippen LogP contribution >= 0.6 is 11.8 Å². The topological polar surface area (TPSA) is 37.3 Å². The highest BCUT2D eigenvalue weighted by atomic mass is 32.2. The largest absolute Gasteiger partial charge is 0.481 e. The highest BCUT2D eigenvalue weighted by molar-refractivity contribution is 8.00. The lowest BCUT2D eigenvalue weighted by atomic mass is 9.84. The first-order valence-electron chi connectivity index (χ1n) is 5.94. The molecule has 0 radical (unpaired) electrons. The molecule has 0 unspecified atom stereocenters. The lowest BCUT2D eigenvalue weighted by Gasteiger charge is -2.34. The van der Waals surface area contributed by atoms with Gasteiger partial charge < -0.3 is 5.11 Å². The third kappa shape index (κ3) is 4.20. The number of aliphatic carboxylic acids is 1. The fourth-order valence-electron chi connectivity index (χ4n) is 2.11. The van der Waals surface area contributed by atoms with Crippen LogP contribution in [-0.4, -0.2) is 21.6 Å². The van der Waals surface area contributed by atoms with E-state index in [1.807, 2.05) is 11.8 Å². The van der Waals surface area contributed by atoms with Crippen LogP contribution in [0.3, 0.4) is 0 Å². The van der Waals surface area contributed by atoms with E-state index in [4.69, 9.17) is 5.11 Å². The van der Waals surface area contributed by atoms with E-state index < -0.39 is 5.97 Å². The average molecular weight is 242 g/mol. The summed E-state index contributed by atoms with van der Waals surface area (Å²) in [5, 5.41) is 8.62. The molecule has 0 aromatic heterocycles. The van der Waals surface area contributed by atoms with Gasteiger partial charge in [-0.25, -0.2) is 0 Å². The lowest BCUT2D eigenvalue weighted by molar-refractivity contribution is -0.136. The molecule has 92 valence electrons. The third-order valence-corrected chi connectivity index (χ3v) is 4.90. The van der Waals surface area contributed by atoms with E-state index in [1.165, 1.54) is 31.3 Å². The van der Waals surface area contributed by atoms with Crippen molar-refractivity contribution >= 4 is 17.7 Å². The Bertz CT molecular complexity index is 280. The Labute approximate surface area is 103 Å². The summed E-state index contributed by atoms with van der Waals surface area (Å²) in [7, 11) is 0. The summed E-state index contributed by atoms with van der Waals surface area (Å²) in [5.74, 6) is 0.0626. The van der Waals surface area contributed by atoms with E-state index >= 15 is 0 Å². The third-order valence-electron chi connectivity index (χ3n) is 3.38. The molecule has 0 saturated heterocycles. The molecule has 1 fully saturated rings. The van der Waals surface area contributed by atoms with E-state index in [9.17, 15) is 4.79 Å². The maximum atomic E-state index is 10.5. The van der Waals surface area contributed by atoms with Crippen molar-refractivity contribution in [1.82, 2.24) is 0 Å². The van der Waals surface area contributed by atoms with Gasteiger partial charge in [0.1, 0.15) is 0 Å². The first-order valence-corrected chi connectivity index (χ1v) is 6.92. The van der Waals surface area contributed by atoms with Gasteiger partial charge in [-0.15, -0.1) is 0 Å². The van der Waals surface area contributed by atoms with Crippen molar-refractivity contribution in [3.63, 3.8) is 0 Å². The predicted molar refractivity (Wildman–Crippen MR) is 70.0 cm³/mol. The van der Waals surface area contributed by atoms with Crippen molar-refractivity contribution in [1.29, 1.82) is 0 Å². The summed E-state index contributed by atoms with van der Waals surface area (Å²) in [6.45, 7) is 6.66. The molecular formula is C13H22O2S. The number of hydrogen-bond donors (Lipinski definition) is 1. The Morgan fingerprint density at radius 2 is 1.94 bits per heavy atom. The average Bonchev–Trinajstić information content (AvgIpc) is 2.17. The van der Waals surface area contributed by atoms with E-state index in [0.29, 0.717) is 4.75 Å². The fraction of sp³-hybridized carbons (Fsp3) is 0.769. The minimum absolute atomic E-state index is 0.287. The van der Waals surface area contributed by atoms with Crippen molar-refractivity contribution in [2.45, 2.75) is 57.6 Å². The van der Waals surface area contributed by atoms with Gasteiger partial charge in [0.2, 0.25) is 0 Å². The zero-order valence-corrected chi connectivity index (χ0v) is 11.3. The zero-order valence-electron chi connectivity index (χ0n) is 10.5. The van der Waals surface area contributed by atoms with Crippen LogP contribution in [0.2, 0.25) is 0 Å². The Balaban J connectivity index is 2.38. The molecule has 1 aliphatic rings. The Morgan fingerprint density at radius 1 is 1.38 bits per heavy atom. The first kappa shape index (κ1) is 13.6. The van der Waals surface area contributed by atoms with Crippen LogP contribution in [-0.2, 0) is 4.79 Å².